The van der Waals surface area contributed by atoms with Gasteiger partial charge in [-0.05, 0) is 86.0 Å². The number of rotatable bonds is 6. The second-order valence-corrected chi connectivity index (χ2v) is 14.8. The molecule has 268 valence electrons. The Balaban J connectivity index is 1.05. The number of hydrogen-bond donors (Lipinski definition) is 2. The summed E-state index contributed by atoms with van der Waals surface area (Å²) in [5, 5.41) is 5.64. The molecule has 0 aromatic heterocycles. The fraction of sp³-hybridized carbons (Fsp3) is 0.0784. The van der Waals surface area contributed by atoms with Crippen molar-refractivity contribution in [2.24, 2.45) is 4.99 Å². The van der Waals surface area contributed by atoms with Crippen molar-refractivity contribution < 1.29 is 4.74 Å². The molecular weight excluding hydrogens is 685 g/mol. The molecule has 1 aliphatic carbocycles. The number of hydrogen-bond acceptors (Lipinski definition) is 5. The van der Waals surface area contributed by atoms with Gasteiger partial charge in [0.25, 0.3) is 0 Å². The molecule has 3 aliphatic heterocycles. The molecule has 2 N–H and O–H groups in total. The molecule has 7 aromatic carbocycles. The molecule has 3 heterocycles. The number of aliphatic imine (C=N–C) groups is 1. The number of nitrogens with zero attached hydrogens (tertiary/aromatic N) is 2. The lowest BCUT2D eigenvalue weighted by molar-refractivity contribution is 0.181. The molecule has 4 aliphatic rings. The molecule has 0 saturated heterocycles. The van der Waals surface area contributed by atoms with E-state index in [0.29, 0.717) is 0 Å². The summed E-state index contributed by atoms with van der Waals surface area (Å²) in [5.41, 5.74) is 18.5. The fourth-order valence-corrected chi connectivity index (χ4v) is 9.10. The standard InChI is InChI=1S/C51H38N4O/c1-3-13-34(14-4-1)33-55-50(35-15-5-2-6-16-35)53-49(54-55)39-18-11-17-36(29-39)37-24-26-41-42-27-25-38(40-19-12-28-52-32-40)31-46(42)51(45(41)30-37)43-20-7-9-22-47(43)56-48-23-10-8-21-44(48)51/h1-27,29-32,50,52H,28,33H2,(H,53,54). The van der Waals surface area contributed by atoms with Gasteiger partial charge in [-0.3, -0.25) is 0 Å². The Morgan fingerprint density at radius 1 is 0.589 bits per heavy atom. The number of benzene rings is 7. The average molecular weight is 723 g/mol. The van der Waals surface area contributed by atoms with Gasteiger partial charge in [0.05, 0.1) is 5.41 Å². The summed E-state index contributed by atoms with van der Waals surface area (Å²) in [4.78, 5) is 5.29. The molecular formula is C51H38N4O. The molecule has 0 bridgehead atoms. The first-order valence-electron chi connectivity index (χ1n) is 19.3. The van der Waals surface area contributed by atoms with E-state index in [2.05, 4.69) is 204 Å². The van der Waals surface area contributed by atoms with Gasteiger partial charge in [0.2, 0.25) is 0 Å². The van der Waals surface area contributed by atoms with Crippen molar-refractivity contribution in [3.05, 3.63) is 233 Å². The zero-order valence-corrected chi connectivity index (χ0v) is 30.7. The maximum Gasteiger partial charge on any atom is 0.147 e. The van der Waals surface area contributed by atoms with E-state index in [1.165, 1.54) is 39.0 Å². The van der Waals surface area contributed by atoms with Crippen LogP contribution in [0, 0.1) is 0 Å². The lowest BCUT2D eigenvalue weighted by Gasteiger charge is -2.39. The van der Waals surface area contributed by atoms with Crippen molar-refractivity contribution in [1.82, 2.24) is 15.8 Å². The van der Waals surface area contributed by atoms with E-state index in [1.54, 1.807) is 0 Å². The van der Waals surface area contributed by atoms with E-state index in [4.69, 9.17) is 9.73 Å². The number of ether oxygens (including phenoxy) is 1. The minimum atomic E-state index is -0.579. The van der Waals surface area contributed by atoms with Crippen molar-refractivity contribution in [2.75, 3.05) is 6.54 Å². The summed E-state index contributed by atoms with van der Waals surface area (Å²) >= 11 is 0. The Bertz CT molecular complexity index is 2700. The smallest absolute Gasteiger partial charge is 0.147 e. The topological polar surface area (TPSA) is 48.9 Å². The third-order valence-electron chi connectivity index (χ3n) is 11.6. The highest BCUT2D eigenvalue weighted by molar-refractivity contribution is 6.01. The minimum Gasteiger partial charge on any atom is -0.457 e. The van der Waals surface area contributed by atoms with Crippen LogP contribution in [0.1, 0.15) is 50.7 Å². The van der Waals surface area contributed by atoms with Crippen LogP contribution < -0.4 is 15.5 Å². The van der Waals surface area contributed by atoms with E-state index >= 15 is 0 Å². The summed E-state index contributed by atoms with van der Waals surface area (Å²) in [6, 6.07) is 61.0. The average Bonchev–Trinajstić information content (AvgIpc) is 3.82. The molecule has 5 nitrogen and oxygen atoms in total. The number of nitrogens with one attached hydrogen (secondary N) is 2. The minimum absolute atomic E-state index is 0.150. The maximum absolute atomic E-state index is 6.66. The number of para-hydroxylation sites is 2. The number of hydrazine groups is 1. The van der Waals surface area contributed by atoms with Crippen LogP contribution in [0.25, 0.3) is 27.8 Å². The first-order valence-corrected chi connectivity index (χ1v) is 19.3. The van der Waals surface area contributed by atoms with Gasteiger partial charge in [-0.2, -0.15) is 5.01 Å². The predicted octanol–water partition coefficient (Wildman–Crippen LogP) is 10.8. The monoisotopic (exact) mass is 722 g/mol. The number of allylic oxidation sites excluding steroid dienone is 2. The van der Waals surface area contributed by atoms with Gasteiger partial charge in [0.15, 0.2) is 0 Å². The van der Waals surface area contributed by atoms with Gasteiger partial charge in [0.1, 0.15) is 23.5 Å². The molecule has 1 unspecified atom stereocenters. The van der Waals surface area contributed by atoms with Gasteiger partial charge in [-0.1, -0.05) is 152 Å². The van der Waals surface area contributed by atoms with Gasteiger partial charge >= 0.3 is 0 Å². The van der Waals surface area contributed by atoms with Crippen molar-refractivity contribution in [3.63, 3.8) is 0 Å². The van der Waals surface area contributed by atoms with Crippen LogP contribution in [0.5, 0.6) is 11.5 Å². The molecule has 0 radical (unpaired) electrons. The van der Waals surface area contributed by atoms with Crippen LogP contribution in [0.3, 0.4) is 0 Å². The van der Waals surface area contributed by atoms with Crippen LogP contribution >= 0.6 is 0 Å². The van der Waals surface area contributed by atoms with Crippen molar-refractivity contribution in [3.8, 4) is 33.8 Å². The van der Waals surface area contributed by atoms with E-state index < -0.39 is 5.41 Å². The van der Waals surface area contributed by atoms with Gasteiger partial charge in [-0.25, -0.2) is 4.99 Å². The lowest BCUT2D eigenvalue weighted by atomic mass is 9.65. The van der Waals surface area contributed by atoms with Gasteiger partial charge < -0.3 is 15.5 Å². The van der Waals surface area contributed by atoms with Crippen LogP contribution in [-0.4, -0.2) is 17.4 Å². The molecule has 7 aromatic rings. The zero-order chi connectivity index (χ0) is 37.1. The molecule has 11 rings (SSSR count). The van der Waals surface area contributed by atoms with Gasteiger partial charge in [0, 0.05) is 36.0 Å². The quantitative estimate of drug-likeness (QED) is 0.179. The van der Waals surface area contributed by atoms with Crippen LogP contribution in [0.4, 0.5) is 0 Å². The van der Waals surface area contributed by atoms with Crippen molar-refractivity contribution in [1.29, 1.82) is 0 Å². The highest BCUT2D eigenvalue weighted by Crippen LogP contribution is 2.62. The molecule has 0 saturated carbocycles. The summed E-state index contributed by atoms with van der Waals surface area (Å²) in [5.74, 6) is 2.64. The third-order valence-corrected chi connectivity index (χ3v) is 11.6. The van der Waals surface area contributed by atoms with Crippen LogP contribution in [0.2, 0.25) is 0 Å². The normalized spacial score (nSPS) is 17.0. The number of amidine groups is 1. The Hall–Kier alpha value is -6.95. The number of dihydropyridines is 1. The highest BCUT2D eigenvalue weighted by Gasteiger charge is 2.51. The number of fused-ring (bicyclic) bond motifs is 9. The van der Waals surface area contributed by atoms with Crippen molar-refractivity contribution >= 4 is 11.4 Å². The second kappa shape index (κ2) is 13.1. The molecule has 1 atom stereocenters. The van der Waals surface area contributed by atoms with Crippen LogP contribution in [0.15, 0.2) is 193 Å². The SMILES string of the molecule is C1=CC(c2ccc3c(c2)C2(c4ccccc4Oc4ccccc42)c2cc(-c4cccc(C5=NC(c6ccccc6)N(Cc6ccccc6)N5)c4)ccc2-3)=CNC1. The molecule has 5 heteroatoms. The van der Waals surface area contributed by atoms with E-state index in [0.717, 1.165) is 63.8 Å². The Morgan fingerprint density at radius 2 is 1.21 bits per heavy atom. The lowest BCUT2D eigenvalue weighted by Crippen LogP contribution is -2.37. The first-order chi connectivity index (χ1) is 27.7. The van der Waals surface area contributed by atoms with E-state index in [1.807, 2.05) is 0 Å². The highest BCUT2D eigenvalue weighted by atomic mass is 16.5. The maximum atomic E-state index is 6.66. The van der Waals surface area contributed by atoms with E-state index in [9.17, 15) is 0 Å². The second-order valence-electron chi connectivity index (χ2n) is 14.8. The Morgan fingerprint density at radius 3 is 1.93 bits per heavy atom. The Labute approximate surface area is 326 Å². The van der Waals surface area contributed by atoms with Gasteiger partial charge in [-0.15, -0.1) is 0 Å². The molecule has 0 amide bonds. The third kappa shape index (κ3) is 5.16. The van der Waals surface area contributed by atoms with Crippen LogP contribution in [-0.2, 0) is 12.0 Å². The zero-order valence-electron chi connectivity index (χ0n) is 30.7. The largest absolute Gasteiger partial charge is 0.457 e. The molecule has 56 heavy (non-hydrogen) atoms. The summed E-state index contributed by atoms with van der Waals surface area (Å²) < 4.78 is 6.66. The van der Waals surface area contributed by atoms with E-state index in [-0.39, 0.29) is 6.17 Å². The fourth-order valence-electron chi connectivity index (χ4n) is 9.10. The first kappa shape index (κ1) is 32.5. The summed E-state index contributed by atoms with van der Waals surface area (Å²) in [7, 11) is 0. The predicted molar refractivity (Wildman–Crippen MR) is 225 cm³/mol. The summed E-state index contributed by atoms with van der Waals surface area (Å²) in [6.45, 7) is 1.56. The Kier molecular flexibility index (Phi) is 7.61. The summed E-state index contributed by atoms with van der Waals surface area (Å²) in [6.07, 6.45) is 6.38. The molecule has 0 fully saturated rings. The van der Waals surface area contributed by atoms with Crippen molar-refractivity contribution in [2.45, 2.75) is 18.1 Å². The molecule has 1 spiro atoms.